The van der Waals surface area contributed by atoms with Crippen LogP contribution in [0.2, 0.25) is 5.02 Å². The summed E-state index contributed by atoms with van der Waals surface area (Å²) in [4.78, 5) is 23.4. The molecule has 0 aliphatic rings. The van der Waals surface area contributed by atoms with Crippen molar-refractivity contribution in [2.45, 2.75) is 18.5 Å². The van der Waals surface area contributed by atoms with Crippen LogP contribution in [0.25, 0.3) is 0 Å². The number of esters is 1. The summed E-state index contributed by atoms with van der Waals surface area (Å²) in [6.07, 6.45) is 0.00355. The lowest BCUT2D eigenvalue weighted by atomic mass is 10.0. The maximum absolute atomic E-state index is 12.0. The molecular weight excluding hydrogens is 331 g/mol. The highest BCUT2D eigenvalue weighted by molar-refractivity contribution is 6.30. The van der Waals surface area contributed by atoms with Crippen molar-refractivity contribution in [3.8, 4) is 0 Å². The Morgan fingerprint density at radius 2 is 1.86 bits per heavy atom. The van der Waals surface area contributed by atoms with Crippen molar-refractivity contribution in [3.63, 3.8) is 0 Å². The van der Waals surface area contributed by atoms with Crippen molar-refractivity contribution in [2.75, 3.05) is 20.8 Å². The van der Waals surface area contributed by atoms with Crippen molar-refractivity contribution in [3.05, 3.63) is 34.9 Å². The molecule has 1 amide bonds. The zero-order valence-electron chi connectivity index (χ0n) is 12.4. The van der Waals surface area contributed by atoms with Gasteiger partial charge in [-0.2, -0.15) is 0 Å². The fraction of sp³-hybridized carbons (Fsp3) is 0.429. The van der Waals surface area contributed by atoms with E-state index in [-0.39, 0.29) is 25.4 Å². The van der Waals surface area contributed by atoms with Crippen molar-refractivity contribution in [2.24, 2.45) is 5.73 Å². The maximum atomic E-state index is 12.0. The van der Waals surface area contributed by atoms with Gasteiger partial charge in [0.05, 0.1) is 26.2 Å². The van der Waals surface area contributed by atoms with Gasteiger partial charge < -0.3 is 20.5 Å². The summed E-state index contributed by atoms with van der Waals surface area (Å²) in [6.45, 7) is 0.0946. The molecule has 1 unspecified atom stereocenters. The third-order valence-electron chi connectivity index (χ3n) is 2.87. The highest BCUT2D eigenvalue weighted by atomic mass is 35.5. The normalized spacial score (nSPS) is 12.7. The molecule has 0 heterocycles. The van der Waals surface area contributed by atoms with E-state index < -0.39 is 24.0 Å². The molecular formula is C14H20Cl2N2O4. The van der Waals surface area contributed by atoms with Crippen molar-refractivity contribution in [1.82, 2.24) is 5.32 Å². The Balaban J connectivity index is 0.00000441. The molecule has 0 fully saturated rings. The number of amides is 1. The zero-order valence-corrected chi connectivity index (χ0v) is 13.9. The van der Waals surface area contributed by atoms with Crippen LogP contribution in [0.4, 0.5) is 0 Å². The van der Waals surface area contributed by atoms with Gasteiger partial charge in [0.15, 0.2) is 0 Å². The minimum atomic E-state index is -0.803. The summed E-state index contributed by atoms with van der Waals surface area (Å²) in [5, 5.41) is 3.28. The monoisotopic (exact) mass is 350 g/mol. The van der Waals surface area contributed by atoms with E-state index in [0.717, 1.165) is 5.56 Å². The number of ether oxygens (including phenoxy) is 2. The van der Waals surface area contributed by atoms with E-state index in [0.29, 0.717) is 5.02 Å². The second kappa shape index (κ2) is 10.4. The fourth-order valence-electron chi connectivity index (χ4n) is 1.73. The maximum Gasteiger partial charge on any atom is 0.307 e. The van der Waals surface area contributed by atoms with Crippen molar-refractivity contribution >= 4 is 35.9 Å². The number of hydrogen-bond acceptors (Lipinski definition) is 5. The number of nitrogens with two attached hydrogens (primary N) is 1. The highest BCUT2D eigenvalue weighted by Gasteiger charge is 2.22. The molecule has 2 atom stereocenters. The Labute approximate surface area is 140 Å². The fourth-order valence-corrected chi connectivity index (χ4v) is 1.86. The second-order valence-electron chi connectivity index (χ2n) is 4.45. The van der Waals surface area contributed by atoms with E-state index >= 15 is 0 Å². The molecule has 22 heavy (non-hydrogen) atoms. The van der Waals surface area contributed by atoms with Crippen LogP contribution in [0.5, 0.6) is 0 Å². The predicted octanol–water partition coefficient (Wildman–Crippen LogP) is 1.46. The number of carbonyl (C=O) groups is 2. The molecule has 1 aromatic carbocycles. The van der Waals surface area contributed by atoms with Gasteiger partial charge in [0, 0.05) is 12.1 Å². The van der Waals surface area contributed by atoms with Gasteiger partial charge in [-0.3, -0.25) is 9.59 Å². The molecule has 6 nitrogen and oxygen atoms in total. The average molecular weight is 351 g/mol. The van der Waals surface area contributed by atoms with Crippen LogP contribution in [0.1, 0.15) is 18.0 Å². The number of rotatable bonds is 7. The Hall–Kier alpha value is -1.34. The number of benzene rings is 1. The van der Waals surface area contributed by atoms with Gasteiger partial charge in [-0.1, -0.05) is 23.7 Å². The molecule has 0 aliphatic heterocycles. The molecule has 3 N–H and O–H groups in total. The summed E-state index contributed by atoms with van der Waals surface area (Å²) >= 11 is 5.83. The quantitative estimate of drug-likeness (QED) is 0.726. The SMILES string of the molecule is COCC(N)C(=O)N[C@@H](CC(=O)OC)c1ccc(Cl)cc1.Cl. The zero-order chi connectivity index (χ0) is 15.8. The largest absolute Gasteiger partial charge is 0.469 e. The molecule has 0 radical (unpaired) electrons. The number of hydrogen-bond donors (Lipinski definition) is 2. The first-order chi connectivity index (χ1) is 9.97. The minimum Gasteiger partial charge on any atom is -0.469 e. The molecule has 0 spiro atoms. The van der Waals surface area contributed by atoms with E-state index in [4.69, 9.17) is 22.1 Å². The predicted molar refractivity (Wildman–Crippen MR) is 86.1 cm³/mol. The molecule has 0 aliphatic carbocycles. The Morgan fingerprint density at radius 3 is 2.36 bits per heavy atom. The van der Waals surface area contributed by atoms with Crippen LogP contribution in [-0.4, -0.2) is 38.7 Å². The van der Waals surface area contributed by atoms with E-state index in [1.165, 1.54) is 14.2 Å². The number of carbonyl (C=O) groups excluding carboxylic acids is 2. The molecule has 0 saturated carbocycles. The first kappa shape index (κ1) is 20.7. The van der Waals surface area contributed by atoms with Crippen LogP contribution in [-0.2, 0) is 19.1 Å². The smallest absolute Gasteiger partial charge is 0.307 e. The van der Waals surface area contributed by atoms with Gasteiger partial charge in [-0.15, -0.1) is 12.4 Å². The molecule has 0 saturated heterocycles. The van der Waals surface area contributed by atoms with Crippen molar-refractivity contribution in [1.29, 1.82) is 0 Å². The summed E-state index contributed by atoms with van der Waals surface area (Å²) in [6, 6.07) is 5.49. The molecule has 0 bridgehead atoms. The van der Waals surface area contributed by atoms with Gasteiger partial charge in [0.2, 0.25) is 5.91 Å². The van der Waals surface area contributed by atoms with E-state index in [9.17, 15) is 9.59 Å². The third-order valence-corrected chi connectivity index (χ3v) is 3.12. The first-order valence-corrected chi connectivity index (χ1v) is 6.73. The topological polar surface area (TPSA) is 90.6 Å². The number of nitrogens with one attached hydrogen (secondary N) is 1. The Kier molecular flexibility index (Phi) is 9.76. The van der Waals surface area contributed by atoms with Gasteiger partial charge in [0.1, 0.15) is 6.04 Å². The summed E-state index contributed by atoms with van der Waals surface area (Å²) < 4.78 is 9.48. The average Bonchev–Trinajstić information content (AvgIpc) is 2.47. The van der Waals surface area contributed by atoms with Crippen molar-refractivity contribution < 1.29 is 19.1 Å². The molecule has 8 heteroatoms. The molecule has 1 rings (SSSR count). The molecule has 1 aromatic rings. The second-order valence-corrected chi connectivity index (χ2v) is 4.89. The summed E-state index contributed by atoms with van der Waals surface area (Å²) in [5.41, 5.74) is 6.41. The van der Waals surface area contributed by atoms with Crippen LogP contribution in [0, 0.1) is 0 Å². The van der Waals surface area contributed by atoms with Crippen LogP contribution < -0.4 is 11.1 Å². The summed E-state index contributed by atoms with van der Waals surface area (Å²) in [7, 11) is 2.75. The number of halogens is 2. The minimum absolute atomic E-state index is 0. The van der Waals surface area contributed by atoms with Gasteiger partial charge in [0.25, 0.3) is 0 Å². The standard InChI is InChI=1S/C14H19ClN2O4.ClH/c1-20-8-11(16)14(19)17-12(7-13(18)21-2)9-3-5-10(15)6-4-9;/h3-6,11-12H,7-8,16H2,1-2H3,(H,17,19);1H/t11?,12-;/m0./s1. The number of methoxy groups -OCH3 is 2. The van der Waals surface area contributed by atoms with Gasteiger partial charge in [-0.25, -0.2) is 0 Å². The lowest BCUT2D eigenvalue weighted by Crippen LogP contribution is -2.45. The van der Waals surface area contributed by atoms with E-state index in [2.05, 4.69) is 10.1 Å². The Bertz CT molecular complexity index is 482. The molecule has 124 valence electrons. The van der Waals surface area contributed by atoms with E-state index in [1.807, 2.05) is 0 Å². The van der Waals surface area contributed by atoms with Gasteiger partial charge >= 0.3 is 5.97 Å². The summed E-state index contributed by atoms with van der Waals surface area (Å²) in [5.74, 6) is -0.837. The molecule has 0 aromatic heterocycles. The lowest BCUT2D eigenvalue weighted by Gasteiger charge is -2.20. The van der Waals surface area contributed by atoms with E-state index in [1.54, 1.807) is 24.3 Å². The third kappa shape index (κ3) is 6.62. The van der Waals surface area contributed by atoms with Crippen LogP contribution in [0.3, 0.4) is 0 Å². The van der Waals surface area contributed by atoms with Crippen LogP contribution in [0.15, 0.2) is 24.3 Å². The first-order valence-electron chi connectivity index (χ1n) is 6.35. The highest BCUT2D eigenvalue weighted by Crippen LogP contribution is 2.20. The van der Waals surface area contributed by atoms with Gasteiger partial charge in [-0.05, 0) is 17.7 Å². The lowest BCUT2D eigenvalue weighted by molar-refractivity contribution is -0.141. The van der Waals surface area contributed by atoms with Crippen LogP contribution >= 0.6 is 24.0 Å². The Morgan fingerprint density at radius 1 is 1.27 bits per heavy atom.